The lowest BCUT2D eigenvalue weighted by atomic mass is 10.1. The number of nitrogens with one attached hydrogen (secondary N) is 2. The summed E-state index contributed by atoms with van der Waals surface area (Å²) < 4.78 is 1.59. The van der Waals surface area contributed by atoms with Crippen LogP contribution >= 0.6 is 0 Å². The summed E-state index contributed by atoms with van der Waals surface area (Å²) in [6, 6.07) is 9.51. The highest BCUT2D eigenvalue weighted by atomic mass is 16.2. The molecule has 0 fully saturated rings. The number of aryl methyl sites for hydroxylation is 2. The number of amides is 3. The van der Waals surface area contributed by atoms with Crippen molar-refractivity contribution in [3.8, 4) is 0 Å². The number of benzene rings is 1. The number of fused-ring (bicyclic) bond motifs is 1. The number of hydrogen-bond donors (Lipinski definition) is 2. The average Bonchev–Trinajstić information content (AvgIpc) is 3.09. The van der Waals surface area contributed by atoms with Crippen molar-refractivity contribution in [2.45, 2.75) is 40.3 Å². The summed E-state index contributed by atoms with van der Waals surface area (Å²) in [5.74, 6) is -0.522. The van der Waals surface area contributed by atoms with Crippen molar-refractivity contribution in [2.24, 2.45) is 5.92 Å². The number of nitrogens with zero attached hydrogens (tertiary/aromatic N) is 3. The minimum absolute atomic E-state index is 0.124. The summed E-state index contributed by atoms with van der Waals surface area (Å²) in [4.78, 5) is 39.1. The maximum Gasteiger partial charge on any atom is 0.272 e. The lowest BCUT2D eigenvalue weighted by Gasteiger charge is -2.21. The number of carbonyl (C=O) groups is 3. The third-order valence-electron chi connectivity index (χ3n) is 5.06. The van der Waals surface area contributed by atoms with E-state index in [2.05, 4.69) is 15.7 Å². The SMILES string of the molecule is Cc1ccccc1CN1CCCn2nc(C(=O)NCC(=O)NCC(C)C)cc2C1=O. The summed E-state index contributed by atoms with van der Waals surface area (Å²) in [6.45, 7) is 8.17. The molecule has 30 heavy (non-hydrogen) atoms. The van der Waals surface area contributed by atoms with Gasteiger partial charge in [0.2, 0.25) is 5.91 Å². The summed E-state index contributed by atoms with van der Waals surface area (Å²) >= 11 is 0. The molecule has 0 aliphatic carbocycles. The molecule has 1 aromatic carbocycles. The van der Waals surface area contributed by atoms with Crippen LogP contribution in [0.5, 0.6) is 0 Å². The Morgan fingerprint density at radius 1 is 1.17 bits per heavy atom. The van der Waals surface area contributed by atoms with E-state index in [4.69, 9.17) is 0 Å². The molecule has 8 nitrogen and oxygen atoms in total. The lowest BCUT2D eigenvalue weighted by molar-refractivity contribution is -0.120. The van der Waals surface area contributed by atoms with Gasteiger partial charge in [-0.3, -0.25) is 19.1 Å². The molecular formula is C22H29N5O3. The monoisotopic (exact) mass is 411 g/mol. The van der Waals surface area contributed by atoms with E-state index in [1.54, 1.807) is 9.58 Å². The van der Waals surface area contributed by atoms with Crippen LogP contribution in [0.4, 0.5) is 0 Å². The number of aromatic nitrogens is 2. The molecule has 1 aliphatic heterocycles. The molecule has 0 saturated heterocycles. The zero-order valence-electron chi connectivity index (χ0n) is 17.8. The quantitative estimate of drug-likeness (QED) is 0.725. The Hall–Kier alpha value is -3.16. The molecule has 3 amide bonds. The Bertz CT molecular complexity index is 935. The third kappa shape index (κ3) is 5.25. The second kappa shape index (κ2) is 9.56. The summed E-state index contributed by atoms with van der Waals surface area (Å²) in [6.07, 6.45) is 0.755. The van der Waals surface area contributed by atoms with E-state index < -0.39 is 5.91 Å². The van der Waals surface area contributed by atoms with E-state index in [1.807, 2.05) is 45.0 Å². The fourth-order valence-corrected chi connectivity index (χ4v) is 3.32. The van der Waals surface area contributed by atoms with Gasteiger partial charge in [0.05, 0.1) is 6.54 Å². The van der Waals surface area contributed by atoms with Crippen LogP contribution in [0.1, 0.15) is 52.4 Å². The number of carbonyl (C=O) groups excluding carboxylic acids is 3. The van der Waals surface area contributed by atoms with E-state index in [9.17, 15) is 14.4 Å². The minimum Gasteiger partial charge on any atom is -0.354 e. The van der Waals surface area contributed by atoms with E-state index in [0.717, 1.165) is 17.5 Å². The van der Waals surface area contributed by atoms with Crippen LogP contribution in [0.2, 0.25) is 0 Å². The fourth-order valence-electron chi connectivity index (χ4n) is 3.32. The molecular weight excluding hydrogens is 382 g/mol. The van der Waals surface area contributed by atoms with Gasteiger partial charge >= 0.3 is 0 Å². The van der Waals surface area contributed by atoms with Crippen molar-refractivity contribution in [3.05, 3.63) is 52.8 Å². The lowest BCUT2D eigenvalue weighted by Crippen LogP contribution is -2.38. The molecule has 0 unspecified atom stereocenters. The second-order valence-corrected chi connectivity index (χ2v) is 8.03. The van der Waals surface area contributed by atoms with E-state index in [-0.39, 0.29) is 24.1 Å². The van der Waals surface area contributed by atoms with Crippen LogP contribution in [-0.4, -0.2) is 52.0 Å². The molecule has 2 aromatic rings. The standard InChI is InChI=1S/C22H29N5O3/c1-15(2)12-23-20(28)13-24-21(29)18-11-19-22(30)26(9-6-10-27(19)25-18)14-17-8-5-4-7-16(17)3/h4-5,7-8,11,15H,6,9-10,12-14H2,1-3H3,(H,23,28)(H,24,29). The molecule has 2 N–H and O–H groups in total. The van der Waals surface area contributed by atoms with Crippen molar-refractivity contribution in [1.82, 2.24) is 25.3 Å². The first-order valence-electron chi connectivity index (χ1n) is 10.3. The zero-order valence-corrected chi connectivity index (χ0v) is 17.8. The van der Waals surface area contributed by atoms with Crippen LogP contribution in [0.15, 0.2) is 30.3 Å². The van der Waals surface area contributed by atoms with Crippen LogP contribution in [0, 0.1) is 12.8 Å². The van der Waals surface area contributed by atoms with Crippen LogP contribution in [0.25, 0.3) is 0 Å². The fraction of sp³-hybridized carbons (Fsp3) is 0.455. The molecule has 3 rings (SSSR count). The predicted octanol–water partition coefficient (Wildman–Crippen LogP) is 1.74. The van der Waals surface area contributed by atoms with E-state index in [1.165, 1.54) is 6.07 Å². The Labute approximate surface area is 176 Å². The summed E-state index contributed by atoms with van der Waals surface area (Å²) in [5, 5.41) is 9.61. The van der Waals surface area contributed by atoms with Gasteiger partial charge in [-0.05, 0) is 30.4 Å². The van der Waals surface area contributed by atoms with Gasteiger partial charge in [-0.15, -0.1) is 0 Å². The summed E-state index contributed by atoms with van der Waals surface area (Å²) in [7, 11) is 0. The maximum atomic E-state index is 13.1. The van der Waals surface area contributed by atoms with Crippen molar-refractivity contribution in [2.75, 3.05) is 19.6 Å². The Kier molecular flexibility index (Phi) is 6.87. The average molecular weight is 412 g/mol. The van der Waals surface area contributed by atoms with Gasteiger partial charge in [0.15, 0.2) is 5.69 Å². The van der Waals surface area contributed by atoms with E-state index in [0.29, 0.717) is 37.8 Å². The predicted molar refractivity (Wildman–Crippen MR) is 113 cm³/mol. The van der Waals surface area contributed by atoms with Crippen molar-refractivity contribution >= 4 is 17.7 Å². The Morgan fingerprint density at radius 3 is 2.67 bits per heavy atom. The van der Waals surface area contributed by atoms with Gasteiger partial charge in [0.25, 0.3) is 11.8 Å². The number of hydrogen-bond acceptors (Lipinski definition) is 4. The van der Waals surface area contributed by atoms with Gasteiger partial charge in [-0.2, -0.15) is 5.10 Å². The molecule has 1 aliphatic rings. The highest BCUT2D eigenvalue weighted by Crippen LogP contribution is 2.18. The van der Waals surface area contributed by atoms with Crippen LogP contribution in [0.3, 0.4) is 0 Å². The first-order valence-corrected chi connectivity index (χ1v) is 10.3. The van der Waals surface area contributed by atoms with Crippen LogP contribution in [-0.2, 0) is 17.9 Å². The second-order valence-electron chi connectivity index (χ2n) is 8.03. The highest BCUT2D eigenvalue weighted by molar-refractivity contribution is 5.99. The highest BCUT2D eigenvalue weighted by Gasteiger charge is 2.26. The van der Waals surface area contributed by atoms with Gasteiger partial charge in [-0.1, -0.05) is 38.1 Å². The van der Waals surface area contributed by atoms with Gasteiger partial charge in [0, 0.05) is 32.2 Å². The zero-order chi connectivity index (χ0) is 21.7. The topological polar surface area (TPSA) is 96.3 Å². The maximum absolute atomic E-state index is 13.1. The van der Waals surface area contributed by atoms with Gasteiger partial charge < -0.3 is 15.5 Å². The van der Waals surface area contributed by atoms with Crippen molar-refractivity contribution < 1.29 is 14.4 Å². The Morgan fingerprint density at radius 2 is 1.93 bits per heavy atom. The van der Waals surface area contributed by atoms with Gasteiger partial charge in [0.1, 0.15) is 5.69 Å². The van der Waals surface area contributed by atoms with Crippen molar-refractivity contribution in [3.63, 3.8) is 0 Å². The molecule has 0 bridgehead atoms. The molecule has 0 spiro atoms. The molecule has 0 radical (unpaired) electrons. The van der Waals surface area contributed by atoms with E-state index >= 15 is 0 Å². The molecule has 160 valence electrons. The number of rotatable bonds is 7. The summed E-state index contributed by atoms with van der Waals surface area (Å²) in [5.41, 5.74) is 2.78. The molecule has 1 aromatic heterocycles. The third-order valence-corrected chi connectivity index (χ3v) is 5.06. The molecule has 0 atom stereocenters. The molecule has 0 saturated carbocycles. The van der Waals surface area contributed by atoms with Gasteiger partial charge in [-0.25, -0.2) is 0 Å². The van der Waals surface area contributed by atoms with Crippen LogP contribution < -0.4 is 10.6 Å². The first-order chi connectivity index (χ1) is 14.3. The normalized spacial score (nSPS) is 13.7. The minimum atomic E-state index is -0.464. The molecule has 8 heteroatoms. The Balaban J connectivity index is 1.66. The largest absolute Gasteiger partial charge is 0.354 e. The smallest absolute Gasteiger partial charge is 0.272 e. The molecule has 2 heterocycles. The van der Waals surface area contributed by atoms with Crippen molar-refractivity contribution in [1.29, 1.82) is 0 Å². The first kappa shape index (κ1) is 21.5.